The van der Waals surface area contributed by atoms with E-state index < -0.39 is 0 Å². The van der Waals surface area contributed by atoms with Gasteiger partial charge in [0.1, 0.15) is 0 Å². The molecule has 0 saturated heterocycles. The largest absolute Gasteiger partial charge is 2.00 e. The fraction of sp³-hybridized carbons (Fsp3) is 0.500. The van der Waals surface area contributed by atoms with E-state index in [9.17, 15) is 0 Å². The van der Waals surface area contributed by atoms with Crippen LogP contribution in [0, 0.1) is 12.2 Å². The van der Waals surface area contributed by atoms with Crippen molar-refractivity contribution in [2.45, 2.75) is 53.6 Å². The van der Waals surface area contributed by atoms with Gasteiger partial charge < -0.3 is 0 Å². The normalized spacial score (nSPS) is 14.3. The van der Waals surface area contributed by atoms with Crippen molar-refractivity contribution < 1.29 is 35.6 Å². The van der Waals surface area contributed by atoms with Gasteiger partial charge in [-0.25, -0.2) is 23.3 Å². The Balaban J connectivity index is -0.0000000956. The summed E-state index contributed by atoms with van der Waals surface area (Å²) in [7, 11) is 0.750. The minimum Gasteiger partial charge on any atom is -0.270 e. The summed E-state index contributed by atoms with van der Waals surface area (Å²) in [5, 5.41) is 0. The SMILES string of the molecule is CC1=[C-]CC(C)=C1.CC1=[C-]CC(C)=C1.C[SiH]C.F.F.[Zr+2]. The van der Waals surface area contributed by atoms with Crippen molar-refractivity contribution in [2.75, 3.05) is 0 Å². The van der Waals surface area contributed by atoms with E-state index in [0.717, 1.165) is 22.4 Å². The average Bonchev–Trinajstić information content (AvgIpc) is 2.78. The zero-order valence-electron chi connectivity index (χ0n) is 13.5. The minimum absolute atomic E-state index is 0. The van der Waals surface area contributed by atoms with Gasteiger partial charge in [0, 0.05) is 9.52 Å². The van der Waals surface area contributed by atoms with Crippen LogP contribution in [0.25, 0.3) is 0 Å². The molecule has 20 heavy (non-hydrogen) atoms. The molecule has 0 aromatic rings. The number of rotatable bonds is 0. The molecule has 0 heterocycles. The Labute approximate surface area is 145 Å². The molecule has 0 saturated carbocycles. The molecule has 0 fully saturated rings. The number of allylic oxidation sites excluding steroid dienone is 8. The van der Waals surface area contributed by atoms with Crippen LogP contribution in [0.1, 0.15) is 40.5 Å². The molecule has 0 spiro atoms. The zero-order valence-corrected chi connectivity index (χ0v) is 17.1. The Kier molecular flexibility index (Phi) is 23.9. The first kappa shape index (κ1) is 28.1. The van der Waals surface area contributed by atoms with E-state index in [1.807, 2.05) is 0 Å². The summed E-state index contributed by atoms with van der Waals surface area (Å²) < 4.78 is 0. The monoisotopic (exact) mass is 375 g/mol. The fourth-order valence-corrected chi connectivity index (χ4v) is 1.50. The second kappa shape index (κ2) is 17.0. The molecule has 2 aliphatic rings. The summed E-state index contributed by atoms with van der Waals surface area (Å²) in [5.41, 5.74) is 5.44. The van der Waals surface area contributed by atoms with Gasteiger partial charge in [-0.2, -0.15) is 11.1 Å². The van der Waals surface area contributed by atoms with E-state index >= 15 is 0 Å². The second-order valence-corrected chi connectivity index (χ2v) is 5.79. The molecule has 0 bridgehead atoms. The molecule has 0 nitrogen and oxygen atoms in total. The first-order valence-electron chi connectivity index (χ1n) is 6.22. The quantitative estimate of drug-likeness (QED) is 0.412. The smallest absolute Gasteiger partial charge is 0.270 e. The van der Waals surface area contributed by atoms with Crippen LogP contribution in [-0.2, 0) is 26.2 Å². The van der Waals surface area contributed by atoms with E-state index in [0.29, 0.717) is 0 Å². The first-order chi connectivity index (χ1) is 7.99. The van der Waals surface area contributed by atoms with E-state index in [1.54, 1.807) is 0 Å². The summed E-state index contributed by atoms with van der Waals surface area (Å²) >= 11 is 0. The maximum atomic E-state index is 3.19. The van der Waals surface area contributed by atoms with Crippen LogP contribution < -0.4 is 0 Å². The molecule has 0 unspecified atom stereocenters. The van der Waals surface area contributed by atoms with Gasteiger partial charge in [0.25, 0.3) is 0 Å². The van der Waals surface area contributed by atoms with Crippen LogP contribution in [0.2, 0.25) is 13.1 Å². The van der Waals surface area contributed by atoms with E-state index in [-0.39, 0.29) is 35.6 Å². The molecule has 0 amide bonds. The van der Waals surface area contributed by atoms with Crippen LogP contribution in [0.4, 0.5) is 9.41 Å². The summed E-state index contributed by atoms with van der Waals surface area (Å²) in [6, 6.07) is 0. The predicted molar refractivity (Wildman–Crippen MR) is 85.5 cm³/mol. The molecule has 2 aliphatic carbocycles. The average molecular weight is 377 g/mol. The van der Waals surface area contributed by atoms with Crippen LogP contribution >= 0.6 is 0 Å². The summed E-state index contributed by atoms with van der Waals surface area (Å²) in [6.07, 6.45) is 12.8. The maximum Gasteiger partial charge on any atom is 2.00 e. The van der Waals surface area contributed by atoms with E-state index in [4.69, 9.17) is 0 Å². The first-order valence-corrected chi connectivity index (χ1v) is 8.53. The van der Waals surface area contributed by atoms with Crippen molar-refractivity contribution in [1.82, 2.24) is 0 Å². The Morgan fingerprint density at radius 2 is 1.05 bits per heavy atom. The van der Waals surface area contributed by atoms with Crippen molar-refractivity contribution in [1.29, 1.82) is 0 Å². The van der Waals surface area contributed by atoms with Crippen LogP contribution in [0.5, 0.6) is 0 Å². The van der Waals surface area contributed by atoms with Gasteiger partial charge in [0.2, 0.25) is 0 Å². The van der Waals surface area contributed by atoms with Gasteiger partial charge in [-0.05, 0) is 0 Å². The van der Waals surface area contributed by atoms with Gasteiger partial charge in [-0.1, -0.05) is 40.8 Å². The second-order valence-electron chi connectivity index (χ2n) is 4.63. The maximum absolute atomic E-state index is 3.19. The molecular weight excluding hydrogens is 349 g/mol. The van der Waals surface area contributed by atoms with Crippen molar-refractivity contribution in [3.8, 4) is 0 Å². The van der Waals surface area contributed by atoms with Crippen molar-refractivity contribution in [3.05, 3.63) is 46.6 Å². The number of hydrogen-bond donors (Lipinski definition) is 0. The third-order valence-corrected chi connectivity index (χ3v) is 2.22. The zero-order chi connectivity index (χ0) is 13.3. The molecule has 4 heteroatoms. The molecule has 0 aromatic heterocycles. The molecule has 0 aliphatic heterocycles. The Bertz CT molecular complexity index is 321. The van der Waals surface area contributed by atoms with Gasteiger partial charge in [-0.3, -0.25) is 21.6 Å². The van der Waals surface area contributed by atoms with Gasteiger partial charge in [0.05, 0.1) is 0 Å². The number of hydrogen-bond acceptors (Lipinski definition) is 0. The molecule has 0 N–H and O–H groups in total. The van der Waals surface area contributed by atoms with Gasteiger partial charge in [0.15, 0.2) is 0 Å². The summed E-state index contributed by atoms with van der Waals surface area (Å²) in [4.78, 5) is 0. The topological polar surface area (TPSA) is 0 Å². The standard InChI is InChI=1S/2C7H9.C2H7Si.2FH.Zr/c2*1-6-3-4-7(2)5-6;1-3-2;;;/h2*5H,3H2,1-2H3;3H,1-2H3;2*1H;/q2*-1;;;;+2. The van der Waals surface area contributed by atoms with Gasteiger partial charge in [-0.15, -0.1) is 12.8 Å². The summed E-state index contributed by atoms with van der Waals surface area (Å²) in [5.74, 6) is 0. The molecule has 1 radical (unpaired) electrons. The fourth-order valence-electron chi connectivity index (χ4n) is 1.50. The molecule has 0 aromatic carbocycles. The predicted octanol–water partition coefficient (Wildman–Crippen LogP) is 4.99. The van der Waals surface area contributed by atoms with Crippen molar-refractivity contribution in [2.24, 2.45) is 0 Å². The third kappa shape index (κ3) is 16.0. The Hall–Kier alpha value is -0.0800. The molecule has 2 rings (SSSR count). The van der Waals surface area contributed by atoms with E-state index in [1.165, 1.54) is 22.3 Å². The Morgan fingerprint density at radius 1 is 0.800 bits per heavy atom. The Morgan fingerprint density at radius 3 is 1.10 bits per heavy atom. The van der Waals surface area contributed by atoms with Crippen LogP contribution in [0.15, 0.2) is 34.4 Å². The van der Waals surface area contributed by atoms with E-state index in [2.05, 4.69) is 65.1 Å². The molecule has 0 atom stereocenters. The minimum atomic E-state index is 0. The summed E-state index contributed by atoms with van der Waals surface area (Å²) in [6.45, 7) is 12.8. The molecule has 113 valence electrons. The third-order valence-electron chi connectivity index (χ3n) is 2.22. The van der Waals surface area contributed by atoms with Crippen molar-refractivity contribution in [3.63, 3.8) is 0 Å². The molecular formula is C16H27F2SiZr. The number of halogens is 2. The van der Waals surface area contributed by atoms with Crippen LogP contribution in [0.3, 0.4) is 0 Å². The van der Waals surface area contributed by atoms with Crippen molar-refractivity contribution >= 4 is 9.52 Å². The van der Waals surface area contributed by atoms with Gasteiger partial charge >= 0.3 is 26.2 Å². The van der Waals surface area contributed by atoms with Crippen LogP contribution in [-0.4, -0.2) is 9.52 Å².